The third-order valence-corrected chi connectivity index (χ3v) is 2.98. The van der Waals surface area contributed by atoms with E-state index >= 15 is 0 Å². The third kappa shape index (κ3) is 3.98. The van der Waals surface area contributed by atoms with Crippen LogP contribution < -0.4 is 11.1 Å². The van der Waals surface area contributed by atoms with E-state index in [1.165, 1.54) is 0 Å². The standard InChI is InChI=1S/C12H15ClN2OS/c1-2-5-8(11(14)17)12(16)15-10-7-4-3-6-9(10)13/h3-4,6-8H,2,5H2,1H3,(H2,14,17)(H,15,16). The first kappa shape index (κ1) is 13.9. The third-order valence-electron chi connectivity index (χ3n) is 2.37. The molecule has 0 saturated carbocycles. The molecule has 1 amide bonds. The van der Waals surface area contributed by atoms with Crippen molar-refractivity contribution in [3.63, 3.8) is 0 Å². The molecule has 0 spiro atoms. The Kier molecular flexibility index (Phi) is 5.38. The first-order chi connectivity index (χ1) is 8.06. The second kappa shape index (κ2) is 6.57. The summed E-state index contributed by atoms with van der Waals surface area (Å²) in [6.45, 7) is 1.98. The summed E-state index contributed by atoms with van der Waals surface area (Å²) in [7, 11) is 0. The molecule has 1 atom stereocenters. The van der Waals surface area contributed by atoms with E-state index in [9.17, 15) is 4.79 Å². The van der Waals surface area contributed by atoms with Crippen LogP contribution >= 0.6 is 23.8 Å². The summed E-state index contributed by atoms with van der Waals surface area (Å²) in [5.41, 5.74) is 6.13. The van der Waals surface area contributed by atoms with E-state index in [-0.39, 0.29) is 10.9 Å². The van der Waals surface area contributed by atoms with E-state index in [2.05, 4.69) is 5.32 Å². The van der Waals surface area contributed by atoms with Gasteiger partial charge in [-0.1, -0.05) is 49.3 Å². The molecule has 1 aromatic carbocycles. The summed E-state index contributed by atoms with van der Waals surface area (Å²) in [5, 5.41) is 3.24. The number of para-hydroxylation sites is 1. The molecule has 5 heteroatoms. The van der Waals surface area contributed by atoms with Gasteiger partial charge in [-0.25, -0.2) is 0 Å². The Balaban J connectivity index is 2.77. The lowest BCUT2D eigenvalue weighted by atomic mass is 10.0. The molecule has 0 aliphatic carbocycles. The smallest absolute Gasteiger partial charge is 0.234 e. The number of rotatable bonds is 5. The van der Waals surface area contributed by atoms with E-state index in [1.807, 2.05) is 6.92 Å². The second-order valence-corrected chi connectivity index (χ2v) is 4.59. The molecule has 1 unspecified atom stereocenters. The molecule has 17 heavy (non-hydrogen) atoms. The van der Waals surface area contributed by atoms with E-state index in [1.54, 1.807) is 24.3 Å². The number of anilines is 1. The van der Waals surface area contributed by atoms with Gasteiger partial charge in [0.1, 0.15) is 0 Å². The van der Waals surface area contributed by atoms with Gasteiger partial charge in [-0.05, 0) is 18.6 Å². The van der Waals surface area contributed by atoms with Crippen molar-refractivity contribution in [1.82, 2.24) is 0 Å². The summed E-state index contributed by atoms with van der Waals surface area (Å²) in [5.74, 6) is -0.640. The number of benzene rings is 1. The first-order valence-corrected chi connectivity index (χ1v) is 6.19. The first-order valence-electron chi connectivity index (χ1n) is 5.41. The van der Waals surface area contributed by atoms with E-state index < -0.39 is 5.92 Å². The second-order valence-electron chi connectivity index (χ2n) is 3.71. The molecule has 1 aromatic rings. The van der Waals surface area contributed by atoms with Crippen molar-refractivity contribution in [2.45, 2.75) is 19.8 Å². The van der Waals surface area contributed by atoms with Gasteiger partial charge in [-0.2, -0.15) is 0 Å². The number of halogens is 1. The Labute approximate surface area is 111 Å². The number of nitrogens with two attached hydrogens (primary N) is 1. The molecular weight excluding hydrogens is 256 g/mol. The predicted octanol–water partition coefficient (Wildman–Crippen LogP) is 2.98. The van der Waals surface area contributed by atoms with Crippen LogP contribution in [0.2, 0.25) is 5.02 Å². The maximum atomic E-state index is 12.0. The van der Waals surface area contributed by atoms with Crippen LogP contribution in [0.25, 0.3) is 0 Å². The maximum Gasteiger partial charge on any atom is 0.234 e. The average Bonchev–Trinajstić information content (AvgIpc) is 2.28. The van der Waals surface area contributed by atoms with E-state index in [0.29, 0.717) is 17.1 Å². The van der Waals surface area contributed by atoms with Crippen LogP contribution in [-0.4, -0.2) is 10.9 Å². The zero-order valence-electron chi connectivity index (χ0n) is 9.57. The minimum Gasteiger partial charge on any atom is -0.393 e. The van der Waals surface area contributed by atoms with Crippen molar-refractivity contribution in [2.24, 2.45) is 11.7 Å². The summed E-state index contributed by atoms with van der Waals surface area (Å²) in [4.78, 5) is 12.2. The normalized spacial score (nSPS) is 11.9. The molecule has 3 N–H and O–H groups in total. The highest BCUT2D eigenvalue weighted by Crippen LogP contribution is 2.21. The predicted molar refractivity (Wildman–Crippen MR) is 75.3 cm³/mol. The van der Waals surface area contributed by atoms with Gasteiger partial charge in [0.2, 0.25) is 5.91 Å². The zero-order chi connectivity index (χ0) is 12.8. The molecule has 0 fully saturated rings. The fourth-order valence-corrected chi connectivity index (χ4v) is 1.88. The van der Waals surface area contributed by atoms with Gasteiger partial charge in [0.15, 0.2) is 0 Å². The van der Waals surface area contributed by atoms with Gasteiger partial charge < -0.3 is 11.1 Å². The minimum absolute atomic E-state index is 0.201. The Morgan fingerprint density at radius 3 is 2.71 bits per heavy atom. The molecule has 1 rings (SSSR count). The Hall–Kier alpha value is -1.13. The quantitative estimate of drug-likeness (QED) is 0.809. The van der Waals surface area contributed by atoms with Crippen LogP contribution in [0, 0.1) is 5.92 Å². The molecule has 92 valence electrons. The number of nitrogens with one attached hydrogen (secondary N) is 1. The number of hydrogen-bond donors (Lipinski definition) is 2. The lowest BCUT2D eigenvalue weighted by Crippen LogP contribution is -2.33. The Morgan fingerprint density at radius 1 is 1.53 bits per heavy atom. The van der Waals surface area contributed by atoms with E-state index in [0.717, 1.165) is 6.42 Å². The number of carbonyl (C=O) groups excluding carboxylic acids is 1. The van der Waals surface area contributed by atoms with Gasteiger partial charge in [-0.15, -0.1) is 0 Å². The van der Waals surface area contributed by atoms with Crippen molar-refractivity contribution < 1.29 is 4.79 Å². The SMILES string of the molecule is CCCC(C(=O)Nc1ccccc1Cl)C(N)=S. The van der Waals surface area contributed by atoms with Crippen LogP contribution in [0.5, 0.6) is 0 Å². The number of hydrogen-bond acceptors (Lipinski definition) is 2. The van der Waals surface area contributed by atoms with Gasteiger partial charge in [-0.3, -0.25) is 4.79 Å². The lowest BCUT2D eigenvalue weighted by Gasteiger charge is -2.15. The van der Waals surface area contributed by atoms with Crippen LogP contribution in [0.4, 0.5) is 5.69 Å². The molecule has 3 nitrogen and oxygen atoms in total. The van der Waals surface area contributed by atoms with Crippen molar-refractivity contribution in [2.75, 3.05) is 5.32 Å². The van der Waals surface area contributed by atoms with Crippen molar-refractivity contribution in [3.8, 4) is 0 Å². The molecule has 0 aliphatic rings. The van der Waals surface area contributed by atoms with Crippen LogP contribution in [0.15, 0.2) is 24.3 Å². The summed E-state index contributed by atoms with van der Waals surface area (Å²) in [6.07, 6.45) is 1.49. The number of carbonyl (C=O) groups is 1. The monoisotopic (exact) mass is 270 g/mol. The average molecular weight is 271 g/mol. The molecule has 0 saturated heterocycles. The molecular formula is C12H15ClN2OS. The lowest BCUT2D eigenvalue weighted by molar-refractivity contribution is -0.118. The Morgan fingerprint density at radius 2 is 2.18 bits per heavy atom. The molecule has 0 aromatic heterocycles. The van der Waals surface area contributed by atoms with Crippen LogP contribution in [-0.2, 0) is 4.79 Å². The minimum atomic E-state index is -0.439. The van der Waals surface area contributed by atoms with Gasteiger partial charge in [0, 0.05) is 0 Å². The van der Waals surface area contributed by atoms with Crippen molar-refractivity contribution in [3.05, 3.63) is 29.3 Å². The number of amides is 1. The highest BCUT2D eigenvalue weighted by molar-refractivity contribution is 7.80. The Bertz CT molecular complexity index is 423. The van der Waals surface area contributed by atoms with Gasteiger partial charge in [0.25, 0.3) is 0 Å². The zero-order valence-corrected chi connectivity index (χ0v) is 11.1. The highest BCUT2D eigenvalue weighted by atomic mass is 35.5. The van der Waals surface area contributed by atoms with Crippen molar-refractivity contribution in [1.29, 1.82) is 0 Å². The topological polar surface area (TPSA) is 55.1 Å². The van der Waals surface area contributed by atoms with Crippen LogP contribution in [0.1, 0.15) is 19.8 Å². The number of thiocarbonyl (C=S) groups is 1. The fourth-order valence-electron chi connectivity index (χ4n) is 1.47. The van der Waals surface area contributed by atoms with Gasteiger partial charge in [0.05, 0.1) is 21.6 Å². The summed E-state index contributed by atoms with van der Waals surface area (Å²) in [6, 6.07) is 7.06. The molecule has 0 bridgehead atoms. The molecule has 0 radical (unpaired) electrons. The van der Waals surface area contributed by atoms with Crippen LogP contribution in [0.3, 0.4) is 0 Å². The highest BCUT2D eigenvalue weighted by Gasteiger charge is 2.20. The summed E-state index contributed by atoms with van der Waals surface area (Å²) >= 11 is 10.8. The maximum absolute atomic E-state index is 12.0. The van der Waals surface area contributed by atoms with E-state index in [4.69, 9.17) is 29.6 Å². The van der Waals surface area contributed by atoms with Crippen molar-refractivity contribution >= 4 is 40.4 Å². The van der Waals surface area contributed by atoms with Gasteiger partial charge >= 0.3 is 0 Å². The summed E-state index contributed by atoms with van der Waals surface area (Å²) < 4.78 is 0. The molecule has 0 heterocycles. The fraction of sp³-hybridized carbons (Fsp3) is 0.333. The molecule has 0 aliphatic heterocycles. The largest absolute Gasteiger partial charge is 0.393 e.